The molecule has 0 fully saturated rings. The number of rotatable bonds is 9. The molecule has 55 heavy (non-hydrogen) atoms. The van der Waals surface area contributed by atoms with Crippen LogP contribution in [0.5, 0.6) is 0 Å². The molecule has 2 unspecified atom stereocenters. The fourth-order valence-electron chi connectivity index (χ4n) is 9.59. The standard InChI is InChI=1S/C54H51N/c1-8-21-47-39(6)44-25-15-18-28-48(44)54(47)49-29-19-16-26-45(49)52-50(54)30-20-31-51(52)55(43-34-32-41(33-35-43)40-23-12-11-13-24-40)42(9-2)36-38(5)53(7,10-3)46-27-17-14-22-37(46)4/h8-9,11-36H,10H2,1-7H3/b21-8-,38-36+,42-9+. The van der Waals surface area contributed by atoms with Gasteiger partial charge < -0.3 is 4.90 Å². The molecule has 0 radical (unpaired) electrons. The SMILES string of the molecule is C/C=C\C1=C(C)c2ccccc2C12c1ccccc1-c1c(N(C(=C/C)/C=C(\C)C(C)(CC)c3ccccc3C)c3ccc(-c4ccccc4)cc3)cccc12. The largest absolute Gasteiger partial charge is 0.310 e. The predicted molar refractivity (Wildman–Crippen MR) is 236 cm³/mol. The molecule has 6 aromatic carbocycles. The lowest BCUT2D eigenvalue weighted by Gasteiger charge is -2.35. The van der Waals surface area contributed by atoms with Crippen LogP contribution in [0.25, 0.3) is 27.8 Å². The van der Waals surface area contributed by atoms with E-state index in [0.717, 1.165) is 17.8 Å². The van der Waals surface area contributed by atoms with E-state index in [2.05, 4.69) is 223 Å². The molecule has 0 aromatic heterocycles. The zero-order valence-corrected chi connectivity index (χ0v) is 33.3. The summed E-state index contributed by atoms with van der Waals surface area (Å²) >= 11 is 0. The molecule has 0 bridgehead atoms. The lowest BCUT2D eigenvalue weighted by molar-refractivity contribution is 0.533. The first-order valence-corrected chi connectivity index (χ1v) is 19.8. The van der Waals surface area contributed by atoms with Crippen molar-refractivity contribution in [1.82, 2.24) is 0 Å². The third-order valence-corrected chi connectivity index (χ3v) is 12.6. The molecule has 8 rings (SSSR count). The minimum absolute atomic E-state index is 0.130. The first kappa shape index (κ1) is 36.1. The summed E-state index contributed by atoms with van der Waals surface area (Å²) in [6, 6.07) is 53.9. The van der Waals surface area contributed by atoms with Gasteiger partial charge in [-0.05, 0) is 127 Å². The predicted octanol–water partition coefficient (Wildman–Crippen LogP) is 14.7. The monoisotopic (exact) mass is 713 g/mol. The molecule has 1 nitrogen and oxygen atoms in total. The lowest BCUT2D eigenvalue weighted by Crippen LogP contribution is -2.27. The van der Waals surface area contributed by atoms with Crippen molar-refractivity contribution in [3.05, 3.63) is 220 Å². The Hall–Kier alpha value is -5.92. The van der Waals surface area contributed by atoms with Crippen molar-refractivity contribution in [3.8, 4) is 22.3 Å². The Morgan fingerprint density at radius 2 is 1.25 bits per heavy atom. The summed E-state index contributed by atoms with van der Waals surface area (Å²) in [5, 5.41) is 0. The summed E-state index contributed by atoms with van der Waals surface area (Å²) in [4.78, 5) is 2.51. The summed E-state index contributed by atoms with van der Waals surface area (Å²) in [6.07, 6.45) is 10.3. The van der Waals surface area contributed by atoms with E-state index in [9.17, 15) is 0 Å². The highest BCUT2D eigenvalue weighted by atomic mass is 15.1. The maximum Gasteiger partial charge on any atom is 0.0722 e. The van der Waals surface area contributed by atoms with Gasteiger partial charge in [-0.25, -0.2) is 0 Å². The molecule has 6 aromatic rings. The fraction of sp³-hybridized carbons (Fsp3) is 0.185. The second-order valence-electron chi connectivity index (χ2n) is 15.4. The molecule has 272 valence electrons. The Balaban J connectivity index is 1.39. The lowest BCUT2D eigenvalue weighted by atomic mass is 9.69. The molecular weight excluding hydrogens is 663 g/mol. The summed E-state index contributed by atoms with van der Waals surface area (Å²) < 4.78 is 0. The van der Waals surface area contributed by atoms with E-state index in [1.54, 1.807) is 0 Å². The number of allylic oxidation sites excluding steroid dienone is 7. The van der Waals surface area contributed by atoms with Crippen LogP contribution in [0.1, 0.15) is 81.3 Å². The summed E-state index contributed by atoms with van der Waals surface area (Å²) in [7, 11) is 0. The molecule has 0 N–H and O–H groups in total. The van der Waals surface area contributed by atoms with Crippen LogP contribution < -0.4 is 4.90 Å². The number of benzene rings is 6. The minimum Gasteiger partial charge on any atom is -0.310 e. The van der Waals surface area contributed by atoms with E-state index in [0.29, 0.717) is 0 Å². The van der Waals surface area contributed by atoms with Crippen LogP contribution in [-0.4, -0.2) is 0 Å². The summed E-state index contributed by atoms with van der Waals surface area (Å²) in [5.41, 5.74) is 20.1. The number of hydrogen-bond donors (Lipinski definition) is 0. The van der Waals surface area contributed by atoms with Gasteiger partial charge in [0.25, 0.3) is 0 Å². The third-order valence-electron chi connectivity index (χ3n) is 12.6. The van der Waals surface area contributed by atoms with Crippen molar-refractivity contribution in [3.63, 3.8) is 0 Å². The maximum atomic E-state index is 2.51. The zero-order valence-electron chi connectivity index (χ0n) is 33.3. The van der Waals surface area contributed by atoms with Gasteiger partial charge in [0.15, 0.2) is 0 Å². The Morgan fingerprint density at radius 3 is 1.93 bits per heavy atom. The number of fused-ring (bicyclic) bond motifs is 7. The van der Waals surface area contributed by atoms with Gasteiger partial charge in [0.2, 0.25) is 0 Å². The zero-order chi connectivity index (χ0) is 38.3. The van der Waals surface area contributed by atoms with E-state index in [4.69, 9.17) is 0 Å². The Labute approximate surface area is 328 Å². The van der Waals surface area contributed by atoms with Gasteiger partial charge >= 0.3 is 0 Å². The minimum atomic E-state index is -0.411. The first-order valence-electron chi connectivity index (χ1n) is 19.8. The van der Waals surface area contributed by atoms with Crippen LogP contribution >= 0.6 is 0 Å². The summed E-state index contributed by atoms with van der Waals surface area (Å²) in [6.45, 7) is 15.9. The molecule has 1 spiro atoms. The van der Waals surface area contributed by atoms with E-state index < -0.39 is 5.41 Å². The van der Waals surface area contributed by atoms with Gasteiger partial charge in [0, 0.05) is 22.4 Å². The van der Waals surface area contributed by atoms with Crippen molar-refractivity contribution in [2.24, 2.45) is 0 Å². The molecule has 0 aliphatic heterocycles. The molecular formula is C54H51N. The molecule has 0 saturated heterocycles. The number of hydrogen-bond acceptors (Lipinski definition) is 1. The second kappa shape index (κ2) is 14.4. The van der Waals surface area contributed by atoms with Crippen molar-refractivity contribution >= 4 is 16.9 Å². The fourth-order valence-corrected chi connectivity index (χ4v) is 9.59. The van der Waals surface area contributed by atoms with Crippen molar-refractivity contribution < 1.29 is 0 Å². The van der Waals surface area contributed by atoms with E-state index in [1.807, 2.05) is 0 Å². The van der Waals surface area contributed by atoms with Gasteiger partial charge in [-0.15, -0.1) is 0 Å². The molecule has 2 aliphatic rings. The number of anilines is 2. The van der Waals surface area contributed by atoms with Crippen LogP contribution in [0.15, 0.2) is 187 Å². The first-order chi connectivity index (χ1) is 26.8. The van der Waals surface area contributed by atoms with Gasteiger partial charge in [-0.1, -0.05) is 165 Å². The van der Waals surface area contributed by atoms with E-state index in [-0.39, 0.29) is 5.41 Å². The molecule has 0 amide bonds. The molecule has 1 heteroatoms. The molecule has 0 saturated carbocycles. The molecule has 2 aliphatic carbocycles. The Kier molecular flexibility index (Phi) is 9.43. The molecule has 2 atom stereocenters. The average molecular weight is 714 g/mol. The second-order valence-corrected chi connectivity index (χ2v) is 15.4. The van der Waals surface area contributed by atoms with Gasteiger partial charge in [-0.3, -0.25) is 0 Å². The van der Waals surface area contributed by atoms with Crippen molar-refractivity contribution in [2.45, 2.75) is 65.7 Å². The Morgan fingerprint density at radius 1 is 0.655 bits per heavy atom. The van der Waals surface area contributed by atoms with Crippen molar-refractivity contribution in [2.75, 3.05) is 4.90 Å². The van der Waals surface area contributed by atoms with Gasteiger partial charge in [0.05, 0.1) is 11.1 Å². The van der Waals surface area contributed by atoms with E-state index in [1.165, 1.54) is 78.0 Å². The van der Waals surface area contributed by atoms with Crippen LogP contribution in [0, 0.1) is 6.92 Å². The Bertz CT molecular complexity index is 2530. The smallest absolute Gasteiger partial charge is 0.0722 e. The van der Waals surface area contributed by atoms with Crippen LogP contribution in [0.4, 0.5) is 11.4 Å². The number of aryl methyl sites for hydroxylation is 1. The highest BCUT2D eigenvalue weighted by molar-refractivity contribution is 6.00. The van der Waals surface area contributed by atoms with Crippen molar-refractivity contribution in [1.29, 1.82) is 0 Å². The van der Waals surface area contributed by atoms with Gasteiger partial charge in [-0.2, -0.15) is 0 Å². The maximum absolute atomic E-state index is 2.51. The normalized spacial score (nSPS) is 17.4. The quantitative estimate of drug-likeness (QED) is 0.135. The average Bonchev–Trinajstić information content (AvgIpc) is 3.67. The topological polar surface area (TPSA) is 3.24 Å². The number of nitrogens with zero attached hydrogens (tertiary/aromatic N) is 1. The molecule has 0 heterocycles. The third kappa shape index (κ3) is 5.60. The summed E-state index contributed by atoms with van der Waals surface area (Å²) in [5.74, 6) is 0. The van der Waals surface area contributed by atoms with Crippen LogP contribution in [-0.2, 0) is 10.8 Å². The van der Waals surface area contributed by atoms with Crippen LogP contribution in [0.2, 0.25) is 0 Å². The van der Waals surface area contributed by atoms with E-state index >= 15 is 0 Å². The highest BCUT2D eigenvalue weighted by Crippen LogP contribution is 2.64. The van der Waals surface area contributed by atoms with Crippen LogP contribution in [0.3, 0.4) is 0 Å². The van der Waals surface area contributed by atoms with Gasteiger partial charge in [0.1, 0.15) is 0 Å². The highest BCUT2D eigenvalue weighted by Gasteiger charge is 2.52.